The molecule has 32 heavy (non-hydrogen) atoms. The van der Waals surface area contributed by atoms with Gasteiger partial charge in [-0.05, 0) is 26.0 Å². The number of nitrogens with one attached hydrogen (secondary N) is 1. The number of pyridine rings is 1. The number of rotatable bonds is 5. The van der Waals surface area contributed by atoms with E-state index in [1.165, 1.54) is 0 Å². The quantitative estimate of drug-likeness (QED) is 0.746. The molecular formula is C22H29N7O3. The Bertz CT molecular complexity index is 970. The molecule has 2 aromatic heterocycles. The summed E-state index contributed by atoms with van der Waals surface area (Å²) in [5.41, 5.74) is 2.14. The van der Waals surface area contributed by atoms with Gasteiger partial charge in [0.05, 0.1) is 44.9 Å². The number of nitrogens with zero attached hydrogens (tertiary/aromatic N) is 6. The van der Waals surface area contributed by atoms with Crippen molar-refractivity contribution < 1.29 is 14.3 Å². The van der Waals surface area contributed by atoms with Crippen LogP contribution in [0.3, 0.4) is 0 Å². The molecule has 0 bridgehead atoms. The van der Waals surface area contributed by atoms with Gasteiger partial charge in [-0.15, -0.1) is 0 Å². The van der Waals surface area contributed by atoms with Crippen LogP contribution in [0.5, 0.6) is 0 Å². The SMILES string of the molecule is CC(C)N1Cc2c(Nc3ccc(N4CCOCC4)nc3)nc(N3CCOCC3)nc2C1=O. The van der Waals surface area contributed by atoms with Crippen molar-refractivity contribution in [3.63, 3.8) is 0 Å². The Hall–Kier alpha value is -2.98. The van der Waals surface area contributed by atoms with Crippen LogP contribution in [0.15, 0.2) is 18.3 Å². The molecule has 0 unspecified atom stereocenters. The average Bonchev–Trinajstić information content (AvgIpc) is 3.18. The van der Waals surface area contributed by atoms with Crippen molar-refractivity contribution in [3.8, 4) is 0 Å². The highest BCUT2D eigenvalue weighted by Gasteiger charge is 2.35. The van der Waals surface area contributed by atoms with Gasteiger partial charge in [0.2, 0.25) is 5.95 Å². The third kappa shape index (κ3) is 4.07. The number of anilines is 4. The Morgan fingerprint density at radius 2 is 1.66 bits per heavy atom. The second kappa shape index (κ2) is 8.87. The van der Waals surface area contributed by atoms with Crippen LogP contribution in [0, 0.1) is 0 Å². The van der Waals surface area contributed by atoms with E-state index in [-0.39, 0.29) is 11.9 Å². The van der Waals surface area contributed by atoms with E-state index in [0.717, 1.165) is 43.4 Å². The van der Waals surface area contributed by atoms with Crippen LogP contribution in [-0.4, -0.2) is 84.4 Å². The predicted octanol–water partition coefficient (Wildman–Crippen LogP) is 1.65. The molecule has 2 saturated heterocycles. The molecule has 0 aromatic carbocycles. The number of aromatic nitrogens is 3. The maximum Gasteiger partial charge on any atom is 0.273 e. The number of hydrogen-bond donors (Lipinski definition) is 1. The lowest BCUT2D eigenvalue weighted by Gasteiger charge is -2.28. The molecular weight excluding hydrogens is 410 g/mol. The molecule has 0 radical (unpaired) electrons. The van der Waals surface area contributed by atoms with Crippen LogP contribution < -0.4 is 15.1 Å². The van der Waals surface area contributed by atoms with Crippen LogP contribution in [-0.2, 0) is 16.0 Å². The van der Waals surface area contributed by atoms with Crippen LogP contribution in [0.4, 0.5) is 23.3 Å². The van der Waals surface area contributed by atoms with Gasteiger partial charge < -0.3 is 29.5 Å². The van der Waals surface area contributed by atoms with E-state index in [0.29, 0.717) is 50.3 Å². The number of carbonyl (C=O) groups excluding carboxylic acids is 1. The van der Waals surface area contributed by atoms with Gasteiger partial charge in [0.25, 0.3) is 5.91 Å². The molecule has 3 aliphatic rings. The van der Waals surface area contributed by atoms with Crippen LogP contribution in [0.2, 0.25) is 0 Å². The van der Waals surface area contributed by atoms with E-state index >= 15 is 0 Å². The molecule has 5 rings (SSSR count). The zero-order valence-corrected chi connectivity index (χ0v) is 18.6. The minimum absolute atomic E-state index is 0.0456. The van der Waals surface area contributed by atoms with Crippen molar-refractivity contribution in [3.05, 3.63) is 29.6 Å². The molecule has 10 nitrogen and oxygen atoms in total. The normalized spacial score (nSPS) is 19.0. The minimum atomic E-state index is -0.0456. The smallest absolute Gasteiger partial charge is 0.273 e. The van der Waals surface area contributed by atoms with Crippen molar-refractivity contribution in [2.45, 2.75) is 26.4 Å². The van der Waals surface area contributed by atoms with Gasteiger partial charge in [-0.2, -0.15) is 4.98 Å². The number of fused-ring (bicyclic) bond motifs is 1. The largest absolute Gasteiger partial charge is 0.378 e. The fraction of sp³-hybridized carbons (Fsp3) is 0.545. The van der Waals surface area contributed by atoms with E-state index < -0.39 is 0 Å². The zero-order chi connectivity index (χ0) is 22.1. The molecule has 0 spiro atoms. The minimum Gasteiger partial charge on any atom is -0.378 e. The zero-order valence-electron chi connectivity index (χ0n) is 18.6. The maximum atomic E-state index is 13.0. The Labute approximate surface area is 187 Å². The molecule has 2 aromatic rings. The summed E-state index contributed by atoms with van der Waals surface area (Å²) < 4.78 is 10.9. The lowest BCUT2D eigenvalue weighted by atomic mass is 10.2. The first kappa shape index (κ1) is 20.9. The number of morpholine rings is 2. The number of carbonyl (C=O) groups is 1. The molecule has 0 atom stereocenters. The Balaban J connectivity index is 1.44. The summed E-state index contributed by atoms with van der Waals surface area (Å²) in [6, 6.07) is 4.09. The summed E-state index contributed by atoms with van der Waals surface area (Å²) in [6.07, 6.45) is 1.81. The number of ether oxygens (including phenoxy) is 2. The Morgan fingerprint density at radius 1 is 0.969 bits per heavy atom. The summed E-state index contributed by atoms with van der Waals surface area (Å²) in [7, 11) is 0. The maximum absolute atomic E-state index is 13.0. The molecule has 1 amide bonds. The summed E-state index contributed by atoms with van der Waals surface area (Å²) in [6.45, 7) is 10.3. The highest BCUT2D eigenvalue weighted by Crippen LogP contribution is 2.32. The second-order valence-electron chi connectivity index (χ2n) is 8.46. The third-order valence-electron chi connectivity index (χ3n) is 6.05. The topological polar surface area (TPSA) is 95.9 Å². The number of hydrogen-bond acceptors (Lipinski definition) is 9. The fourth-order valence-corrected chi connectivity index (χ4v) is 4.18. The van der Waals surface area contributed by atoms with Gasteiger partial charge in [-0.1, -0.05) is 0 Å². The lowest BCUT2D eigenvalue weighted by molar-refractivity contribution is 0.0726. The van der Waals surface area contributed by atoms with Gasteiger partial charge in [0.1, 0.15) is 17.3 Å². The van der Waals surface area contributed by atoms with Crippen molar-refractivity contribution in [1.82, 2.24) is 19.9 Å². The molecule has 2 fully saturated rings. The van der Waals surface area contributed by atoms with Crippen molar-refractivity contribution >= 4 is 29.2 Å². The predicted molar refractivity (Wildman–Crippen MR) is 121 cm³/mol. The molecule has 3 aliphatic heterocycles. The Morgan fingerprint density at radius 3 is 2.28 bits per heavy atom. The molecule has 170 valence electrons. The Kier molecular flexibility index (Phi) is 5.79. The van der Waals surface area contributed by atoms with Crippen molar-refractivity contribution in [2.24, 2.45) is 0 Å². The van der Waals surface area contributed by atoms with E-state index in [4.69, 9.17) is 14.5 Å². The van der Waals surface area contributed by atoms with Gasteiger partial charge in [0, 0.05) is 37.8 Å². The first-order valence-corrected chi connectivity index (χ1v) is 11.2. The van der Waals surface area contributed by atoms with E-state index in [1.807, 2.05) is 37.1 Å². The third-order valence-corrected chi connectivity index (χ3v) is 6.05. The molecule has 1 N–H and O–H groups in total. The summed E-state index contributed by atoms with van der Waals surface area (Å²) >= 11 is 0. The average molecular weight is 440 g/mol. The van der Waals surface area contributed by atoms with Crippen LogP contribution >= 0.6 is 0 Å². The molecule has 0 aliphatic carbocycles. The van der Waals surface area contributed by atoms with E-state index in [1.54, 1.807) is 0 Å². The van der Waals surface area contributed by atoms with E-state index in [2.05, 4.69) is 25.1 Å². The highest BCUT2D eigenvalue weighted by atomic mass is 16.5. The molecule has 5 heterocycles. The lowest BCUT2D eigenvalue weighted by Crippen LogP contribution is -2.37. The first-order valence-electron chi connectivity index (χ1n) is 11.2. The summed E-state index contributed by atoms with van der Waals surface area (Å²) in [5.74, 6) is 2.11. The standard InChI is InChI=1S/C22H29N7O3/c1-15(2)29-14-17-19(21(29)30)25-22(28-7-11-32-12-8-28)26-20(17)24-16-3-4-18(23-13-16)27-5-9-31-10-6-27/h3-4,13,15H,5-12,14H2,1-2H3,(H,24,25,26). The van der Waals surface area contributed by atoms with Gasteiger partial charge in [-0.3, -0.25) is 4.79 Å². The summed E-state index contributed by atoms with van der Waals surface area (Å²) in [5, 5.41) is 3.40. The second-order valence-corrected chi connectivity index (χ2v) is 8.46. The van der Waals surface area contributed by atoms with Crippen LogP contribution in [0.1, 0.15) is 29.9 Å². The first-order chi connectivity index (χ1) is 15.6. The van der Waals surface area contributed by atoms with Crippen LogP contribution in [0.25, 0.3) is 0 Å². The highest BCUT2D eigenvalue weighted by molar-refractivity contribution is 5.98. The monoisotopic (exact) mass is 439 g/mol. The van der Waals surface area contributed by atoms with Crippen molar-refractivity contribution in [2.75, 3.05) is 67.7 Å². The molecule has 10 heteroatoms. The number of amides is 1. The van der Waals surface area contributed by atoms with Gasteiger partial charge >= 0.3 is 0 Å². The van der Waals surface area contributed by atoms with Gasteiger partial charge in [-0.25, -0.2) is 9.97 Å². The molecule has 0 saturated carbocycles. The van der Waals surface area contributed by atoms with E-state index in [9.17, 15) is 4.79 Å². The van der Waals surface area contributed by atoms with Crippen molar-refractivity contribution in [1.29, 1.82) is 0 Å². The summed E-state index contributed by atoms with van der Waals surface area (Å²) in [4.78, 5) is 33.2. The fourth-order valence-electron chi connectivity index (χ4n) is 4.18. The van der Waals surface area contributed by atoms with Gasteiger partial charge in [0.15, 0.2) is 0 Å².